The Balaban J connectivity index is 2.26. The maximum atomic E-state index is 6.08. The van der Waals surface area contributed by atoms with Gasteiger partial charge < -0.3 is 10.1 Å². The first-order valence-electron chi connectivity index (χ1n) is 7.06. The molecule has 0 radical (unpaired) electrons. The van der Waals surface area contributed by atoms with Gasteiger partial charge in [-0.25, -0.2) is 0 Å². The molecule has 2 aromatic rings. The highest BCUT2D eigenvalue weighted by molar-refractivity contribution is 14.1. The SMILES string of the molecule is CCCNC(C)c1cc(Br)ccc1Oc1cccc(I)c1. The van der Waals surface area contributed by atoms with Crippen molar-refractivity contribution in [3.63, 3.8) is 0 Å². The first-order valence-corrected chi connectivity index (χ1v) is 8.93. The molecule has 0 aliphatic heterocycles. The van der Waals surface area contributed by atoms with Crippen LogP contribution in [0.1, 0.15) is 31.9 Å². The van der Waals surface area contributed by atoms with E-state index in [1.807, 2.05) is 30.3 Å². The predicted octanol–water partition coefficient (Wildman–Crippen LogP) is 5.91. The summed E-state index contributed by atoms with van der Waals surface area (Å²) in [7, 11) is 0. The number of hydrogen-bond acceptors (Lipinski definition) is 2. The van der Waals surface area contributed by atoms with Crippen molar-refractivity contribution in [1.82, 2.24) is 5.32 Å². The first kappa shape index (κ1) is 16.8. The summed E-state index contributed by atoms with van der Waals surface area (Å²) in [6, 6.07) is 14.5. The number of benzene rings is 2. The molecule has 0 heterocycles. The minimum atomic E-state index is 0.250. The summed E-state index contributed by atoms with van der Waals surface area (Å²) >= 11 is 5.84. The Morgan fingerprint density at radius 3 is 2.76 bits per heavy atom. The van der Waals surface area contributed by atoms with Crippen LogP contribution >= 0.6 is 38.5 Å². The molecule has 1 N–H and O–H groups in total. The zero-order valence-corrected chi connectivity index (χ0v) is 15.9. The van der Waals surface area contributed by atoms with Crippen LogP contribution in [0.4, 0.5) is 0 Å². The van der Waals surface area contributed by atoms with Gasteiger partial charge in [0.2, 0.25) is 0 Å². The molecule has 0 spiro atoms. The van der Waals surface area contributed by atoms with Crippen molar-refractivity contribution in [2.45, 2.75) is 26.3 Å². The maximum absolute atomic E-state index is 6.08. The lowest BCUT2D eigenvalue weighted by atomic mass is 10.1. The molecule has 4 heteroatoms. The Labute approximate surface area is 148 Å². The monoisotopic (exact) mass is 459 g/mol. The molecule has 0 fully saturated rings. The summed E-state index contributed by atoms with van der Waals surface area (Å²) < 4.78 is 8.32. The van der Waals surface area contributed by atoms with Crippen LogP contribution in [-0.2, 0) is 0 Å². The van der Waals surface area contributed by atoms with Crippen molar-refractivity contribution < 1.29 is 4.74 Å². The number of hydrogen-bond donors (Lipinski definition) is 1. The molecule has 0 aliphatic rings. The van der Waals surface area contributed by atoms with Crippen molar-refractivity contribution in [1.29, 1.82) is 0 Å². The molecular formula is C17H19BrINO. The standard InChI is InChI=1S/C17H19BrINO/c1-3-9-20-12(2)16-10-13(18)7-8-17(16)21-15-6-4-5-14(19)11-15/h4-8,10-12,20H,3,9H2,1-2H3. The van der Waals surface area contributed by atoms with Crippen molar-refractivity contribution in [3.05, 3.63) is 56.1 Å². The first-order chi connectivity index (χ1) is 10.1. The molecule has 1 atom stereocenters. The van der Waals surface area contributed by atoms with Gasteiger partial charge in [0.1, 0.15) is 11.5 Å². The molecule has 0 aromatic heterocycles. The van der Waals surface area contributed by atoms with Crippen molar-refractivity contribution in [2.24, 2.45) is 0 Å². The summed E-state index contributed by atoms with van der Waals surface area (Å²) in [5.74, 6) is 1.77. The lowest BCUT2D eigenvalue weighted by Crippen LogP contribution is -2.19. The summed E-state index contributed by atoms with van der Waals surface area (Å²) in [5.41, 5.74) is 1.16. The lowest BCUT2D eigenvalue weighted by Gasteiger charge is -2.18. The van der Waals surface area contributed by atoms with Crippen molar-refractivity contribution >= 4 is 38.5 Å². The van der Waals surface area contributed by atoms with Crippen LogP contribution in [0.3, 0.4) is 0 Å². The van der Waals surface area contributed by atoms with E-state index >= 15 is 0 Å². The molecule has 112 valence electrons. The van der Waals surface area contributed by atoms with E-state index < -0.39 is 0 Å². The van der Waals surface area contributed by atoms with Gasteiger partial charge >= 0.3 is 0 Å². The molecule has 21 heavy (non-hydrogen) atoms. The normalized spacial score (nSPS) is 12.2. The highest BCUT2D eigenvalue weighted by Gasteiger charge is 2.12. The fourth-order valence-corrected chi connectivity index (χ4v) is 2.97. The Hall–Kier alpha value is -0.590. The van der Waals surface area contributed by atoms with Crippen LogP contribution in [0.15, 0.2) is 46.9 Å². The largest absolute Gasteiger partial charge is 0.457 e. The van der Waals surface area contributed by atoms with Gasteiger partial charge in [-0.2, -0.15) is 0 Å². The summed E-state index contributed by atoms with van der Waals surface area (Å²) in [5, 5.41) is 3.51. The van der Waals surface area contributed by atoms with Gasteiger partial charge in [0.15, 0.2) is 0 Å². The van der Waals surface area contributed by atoms with Crippen LogP contribution < -0.4 is 10.1 Å². The number of rotatable bonds is 6. The topological polar surface area (TPSA) is 21.3 Å². The third kappa shape index (κ3) is 4.97. The third-order valence-electron chi connectivity index (χ3n) is 3.16. The van der Waals surface area contributed by atoms with Gasteiger partial charge in [-0.1, -0.05) is 28.9 Å². The average Bonchev–Trinajstić information content (AvgIpc) is 2.46. The van der Waals surface area contributed by atoms with Crippen LogP contribution in [0.5, 0.6) is 11.5 Å². The molecule has 2 nitrogen and oxygen atoms in total. The van der Waals surface area contributed by atoms with Gasteiger partial charge in [-0.05, 0) is 78.9 Å². The number of halogens is 2. The Kier molecular flexibility index (Phi) is 6.51. The zero-order valence-electron chi connectivity index (χ0n) is 12.2. The quantitative estimate of drug-likeness (QED) is 0.542. The average molecular weight is 460 g/mol. The van der Waals surface area contributed by atoms with E-state index in [4.69, 9.17) is 4.74 Å². The molecule has 2 rings (SSSR count). The second-order valence-corrected chi connectivity index (χ2v) is 7.08. The minimum absolute atomic E-state index is 0.250. The minimum Gasteiger partial charge on any atom is -0.457 e. The molecule has 0 aliphatic carbocycles. The third-order valence-corrected chi connectivity index (χ3v) is 4.33. The van der Waals surface area contributed by atoms with E-state index in [-0.39, 0.29) is 6.04 Å². The van der Waals surface area contributed by atoms with Crippen molar-refractivity contribution in [3.8, 4) is 11.5 Å². The lowest BCUT2D eigenvalue weighted by molar-refractivity contribution is 0.460. The Bertz CT molecular complexity index is 603. The summed E-state index contributed by atoms with van der Waals surface area (Å²) in [6.45, 7) is 5.33. The predicted molar refractivity (Wildman–Crippen MR) is 100 cm³/mol. The maximum Gasteiger partial charge on any atom is 0.132 e. The Morgan fingerprint density at radius 2 is 2.05 bits per heavy atom. The molecule has 0 saturated carbocycles. The highest BCUT2D eigenvalue weighted by atomic mass is 127. The van der Waals surface area contributed by atoms with Gasteiger partial charge in [0, 0.05) is 19.6 Å². The Morgan fingerprint density at radius 1 is 1.24 bits per heavy atom. The fourth-order valence-electron chi connectivity index (χ4n) is 2.08. The smallest absolute Gasteiger partial charge is 0.132 e. The summed E-state index contributed by atoms with van der Waals surface area (Å²) in [4.78, 5) is 0. The molecule has 0 saturated heterocycles. The van der Waals surface area contributed by atoms with Crippen molar-refractivity contribution in [2.75, 3.05) is 6.54 Å². The molecule has 0 amide bonds. The summed E-state index contributed by atoms with van der Waals surface area (Å²) in [6.07, 6.45) is 1.12. The van der Waals surface area contributed by atoms with Crippen LogP contribution in [0.2, 0.25) is 0 Å². The van der Waals surface area contributed by atoms with Gasteiger partial charge in [0.05, 0.1) is 0 Å². The van der Waals surface area contributed by atoms with Crippen LogP contribution in [0.25, 0.3) is 0 Å². The van der Waals surface area contributed by atoms with E-state index in [0.717, 1.165) is 34.5 Å². The second kappa shape index (κ2) is 8.15. The zero-order chi connectivity index (χ0) is 15.2. The highest BCUT2D eigenvalue weighted by Crippen LogP contribution is 2.32. The molecular weight excluding hydrogens is 441 g/mol. The van der Waals surface area contributed by atoms with E-state index in [0.29, 0.717) is 0 Å². The van der Waals surface area contributed by atoms with Gasteiger partial charge in [-0.3, -0.25) is 0 Å². The number of nitrogens with one attached hydrogen (secondary N) is 1. The second-order valence-electron chi connectivity index (χ2n) is 4.92. The molecule has 0 bridgehead atoms. The van der Waals surface area contributed by atoms with E-state index in [1.165, 1.54) is 3.57 Å². The van der Waals surface area contributed by atoms with E-state index in [1.54, 1.807) is 0 Å². The number of ether oxygens (including phenoxy) is 1. The molecule has 1 unspecified atom stereocenters. The van der Waals surface area contributed by atoms with Crippen LogP contribution in [0, 0.1) is 3.57 Å². The molecule has 2 aromatic carbocycles. The van der Waals surface area contributed by atoms with E-state index in [9.17, 15) is 0 Å². The van der Waals surface area contributed by atoms with Gasteiger partial charge in [0.25, 0.3) is 0 Å². The van der Waals surface area contributed by atoms with E-state index in [2.05, 4.69) is 69.8 Å². The van der Waals surface area contributed by atoms with Crippen LogP contribution in [-0.4, -0.2) is 6.54 Å². The fraction of sp³-hybridized carbons (Fsp3) is 0.294. The van der Waals surface area contributed by atoms with Gasteiger partial charge in [-0.15, -0.1) is 0 Å².